The number of furan rings is 1. The second-order valence-electron chi connectivity index (χ2n) is 13.0. The van der Waals surface area contributed by atoms with Crippen molar-refractivity contribution >= 4 is 49.6 Å². The summed E-state index contributed by atoms with van der Waals surface area (Å²) in [5.74, 6) is 0.928. The summed E-state index contributed by atoms with van der Waals surface area (Å²) < 4.78 is 6.63. The van der Waals surface area contributed by atoms with Crippen LogP contribution in [-0.2, 0) is 5.41 Å². The summed E-state index contributed by atoms with van der Waals surface area (Å²) >= 11 is 0. The first kappa shape index (κ1) is 27.9. The number of hydrogen-bond acceptors (Lipinski definition) is 2. The molecule has 0 aliphatic heterocycles. The predicted molar refractivity (Wildman–Crippen MR) is 195 cm³/mol. The van der Waals surface area contributed by atoms with Gasteiger partial charge < -0.3 is 9.32 Å². The summed E-state index contributed by atoms with van der Waals surface area (Å²) in [6.45, 7) is 6.79. The maximum Gasteiger partial charge on any atom is 0.139 e. The highest BCUT2D eigenvalue weighted by molar-refractivity contribution is 6.08. The van der Waals surface area contributed by atoms with E-state index < -0.39 is 0 Å². The molecule has 1 aromatic heterocycles. The Labute approximate surface area is 270 Å². The van der Waals surface area contributed by atoms with E-state index in [1.807, 2.05) is 6.07 Å². The lowest BCUT2D eigenvalue weighted by Crippen LogP contribution is -2.12. The van der Waals surface area contributed by atoms with Crippen LogP contribution in [0.1, 0.15) is 26.3 Å². The topological polar surface area (TPSA) is 16.4 Å². The van der Waals surface area contributed by atoms with Crippen LogP contribution >= 0.6 is 0 Å². The monoisotopic (exact) mass is 593 g/mol. The SMILES string of the molecule is CC(C)(C)c1c(-c2cccc(N(c3ccc4c(ccc5ccccc54)c3)c3ccccc3-c3ccccc3)c2)oc2ccccc12. The number of anilines is 3. The van der Waals surface area contributed by atoms with Gasteiger partial charge in [0, 0.05) is 33.5 Å². The summed E-state index contributed by atoms with van der Waals surface area (Å²) in [5.41, 5.74) is 8.75. The maximum atomic E-state index is 6.63. The van der Waals surface area contributed by atoms with Gasteiger partial charge in [-0.1, -0.05) is 142 Å². The molecule has 0 N–H and O–H groups in total. The van der Waals surface area contributed by atoms with Crippen LogP contribution in [0.4, 0.5) is 17.1 Å². The summed E-state index contributed by atoms with van der Waals surface area (Å²) in [4.78, 5) is 2.39. The first-order chi connectivity index (χ1) is 22.5. The van der Waals surface area contributed by atoms with Crippen molar-refractivity contribution in [3.05, 3.63) is 163 Å². The zero-order chi connectivity index (χ0) is 31.3. The van der Waals surface area contributed by atoms with Gasteiger partial charge >= 0.3 is 0 Å². The largest absolute Gasteiger partial charge is 0.456 e. The third kappa shape index (κ3) is 4.83. The van der Waals surface area contributed by atoms with Gasteiger partial charge in [0.1, 0.15) is 11.3 Å². The Morgan fingerprint density at radius 3 is 1.98 bits per heavy atom. The Bertz CT molecular complexity index is 2360. The van der Waals surface area contributed by atoms with Gasteiger partial charge in [-0.15, -0.1) is 0 Å². The van der Waals surface area contributed by atoms with E-state index in [-0.39, 0.29) is 5.41 Å². The minimum atomic E-state index is -0.0986. The minimum absolute atomic E-state index is 0.0986. The highest BCUT2D eigenvalue weighted by atomic mass is 16.3. The number of para-hydroxylation sites is 2. The van der Waals surface area contributed by atoms with Crippen LogP contribution in [0.3, 0.4) is 0 Å². The van der Waals surface area contributed by atoms with Crippen molar-refractivity contribution in [2.75, 3.05) is 4.90 Å². The Balaban J connectivity index is 1.36. The second kappa shape index (κ2) is 11.1. The normalized spacial score (nSPS) is 11.8. The van der Waals surface area contributed by atoms with E-state index in [0.29, 0.717) is 0 Å². The molecule has 8 aromatic rings. The molecule has 0 unspecified atom stereocenters. The summed E-state index contributed by atoms with van der Waals surface area (Å²) in [5, 5.41) is 6.15. The van der Waals surface area contributed by atoms with Gasteiger partial charge in [0.15, 0.2) is 0 Å². The molecule has 0 bridgehead atoms. The molecule has 2 nitrogen and oxygen atoms in total. The molecule has 8 rings (SSSR count). The van der Waals surface area contributed by atoms with Crippen LogP contribution in [0.2, 0.25) is 0 Å². The number of fused-ring (bicyclic) bond motifs is 4. The van der Waals surface area contributed by atoms with Crippen LogP contribution in [0.5, 0.6) is 0 Å². The number of rotatable bonds is 5. The van der Waals surface area contributed by atoms with Crippen molar-refractivity contribution in [1.82, 2.24) is 0 Å². The fourth-order valence-electron chi connectivity index (χ4n) is 6.88. The molecule has 7 aromatic carbocycles. The quantitative estimate of drug-likeness (QED) is 0.185. The Morgan fingerprint density at radius 2 is 1.13 bits per heavy atom. The lowest BCUT2D eigenvalue weighted by Gasteiger charge is -2.29. The van der Waals surface area contributed by atoms with Crippen molar-refractivity contribution in [2.45, 2.75) is 26.2 Å². The maximum absolute atomic E-state index is 6.63. The van der Waals surface area contributed by atoms with E-state index in [4.69, 9.17) is 4.42 Å². The Morgan fingerprint density at radius 1 is 0.478 bits per heavy atom. The van der Waals surface area contributed by atoms with Gasteiger partial charge in [0.25, 0.3) is 0 Å². The molecule has 0 radical (unpaired) electrons. The highest BCUT2D eigenvalue weighted by Crippen LogP contribution is 2.45. The number of hydrogen-bond donors (Lipinski definition) is 0. The third-order valence-electron chi connectivity index (χ3n) is 8.93. The van der Waals surface area contributed by atoms with Gasteiger partial charge in [0.2, 0.25) is 0 Å². The number of nitrogens with zero attached hydrogens (tertiary/aromatic N) is 1. The highest BCUT2D eigenvalue weighted by Gasteiger charge is 2.27. The minimum Gasteiger partial charge on any atom is -0.456 e. The van der Waals surface area contributed by atoms with Gasteiger partial charge in [0.05, 0.1) is 5.69 Å². The molecule has 222 valence electrons. The molecule has 2 heteroatoms. The van der Waals surface area contributed by atoms with Crippen molar-refractivity contribution in [1.29, 1.82) is 0 Å². The molecule has 46 heavy (non-hydrogen) atoms. The first-order valence-electron chi connectivity index (χ1n) is 15.9. The molecule has 0 saturated carbocycles. The molecule has 0 saturated heterocycles. The molecule has 0 atom stereocenters. The van der Waals surface area contributed by atoms with Crippen LogP contribution in [0, 0.1) is 0 Å². The van der Waals surface area contributed by atoms with E-state index in [9.17, 15) is 0 Å². The van der Waals surface area contributed by atoms with E-state index in [0.717, 1.165) is 34.0 Å². The van der Waals surface area contributed by atoms with Crippen molar-refractivity contribution in [2.24, 2.45) is 0 Å². The summed E-state index contributed by atoms with van der Waals surface area (Å²) in [6, 6.07) is 56.4. The van der Waals surface area contributed by atoms with E-state index in [1.165, 1.54) is 43.6 Å². The average Bonchev–Trinajstić information content (AvgIpc) is 3.50. The average molecular weight is 594 g/mol. The van der Waals surface area contributed by atoms with E-state index in [2.05, 4.69) is 177 Å². The second-order valence-corrected chi connectivity index (χ2v) is 13.0. The zero-order valence-corrected chi connectivity index (χ0v) is 26.4. The van der Waals surface area contributed by atoms with Gasteiger partial charge in [-0.3, -0.25) is 0 Å². The molecule has 0 amide bonds. The van der Waals surface area contributed by atoms with Gasteiger partial charge in [-0.25, -0.2) is 0 Å². The fourth-order valence-corrected chi connectivity index (χ4v) is 6.88. The van der Waals surface area contributed by atoms with Crippen molar-refractivity contribution in [3.8, 4) is 22.5 Å². The van der Waals surface area contributed by atoms with Crippen molar-refractivity contribution < 1.29 is 4.42 Å². The first-order valence-corrected chi connectivity index (χ1v) is 15.9. The molecule has 0 aliphatic rings. The molecule has 0 spiro atoms. The van der Waals surface area contributed by atoms with Crippen LogP contribution in [0.25, 0.3) is 55.0 Å². The predicted octanol–water partition coefficient (Wildman–Crippen LogP) is 12.8. The molecular formula is C44H35NO. The van der Waals surface area contributed by atoms with Gasteiger partial charge in [-0.2, -0.15) is 0 Å². The van der Waals surface area contributed by atoms with Gasteiger partial charge in [-0.05, 0) is 68.9 Å². The molecular weight excluding hydrogens is 558 g/mol. The summed E-state index contributed by atoms with van der Waals surface area (Å²) in [6.07, 6.45) is 0. The zero-order valence-electron chi connectivity index (χ0n) is 26.4. The lowest BCUT2D eigenvalue weighted by molar-refractivity contribution is 0.568. The van der Waals surface area contributed by atoms with Crippen LogP contribution in [-0.4, -0.2) is 0 Å². The lowest BCUT2D eigenvalue weighted by atomic mass is 9.83. The van der Waals surface area contributed by atoms with E-state index >= 15 is 0 Å². The Hall–Kier alpha value is -5.60. The standard InChI is InChI=1S/C44H35NO/c1-44(2,3)42-39-21-10-12-23-41(39)46-43(42)33-17-13-18-34(29-33)45(40-22-11-9-20-38(40)30-14-5-4-6-15-30)35-26-27-37-32(28-35)25-24-31-16-7-8-19-36(31)37/h4-29H,1-3H3. The van der Waals surface area contributed by atoms with Crippen LogP contribution < -0.4 is 4.90 Å². The fraction of sp³-hybridized carbons (Fsp3) is 0.0909. The van der Waals surface area contributed by atoms with Crippen molar-refractivity contribution in [3.63, 3.8) is 0 Å². The van der Waals surface area contributed by atoms with E-state index in [1.54, 1.807) is 0 Å². The molecule has 0 aliphatic carbocycles. The summed E-state index contributed by atoms with van der Waals surface area (Å²) in [7, 11) is 0. The van der Waals surface area contributed by atoms with Crippen LogP contribution in [0.15, 0.2) is 162 Å². The molecule has 0 fully saturated rings. The smallest absolute Gasteiger partial charge is 0.139 e. The number of benzene rings is 7. The Kier molecular flexibility index (Phi) is 6.73. The molecule has 1 heterocycles. The third-order valence-corrected chi connectivity index (χ3v) is 8.93.